The fraction of sp³-hybridized carbons (Fsp3) is 0.533. The maximum Gasteiger partial charge on any atom is 0.242 e. The molecule has 6 nitrogen and oxygen atoms in total. The zero-order valence-electron chi connectivity index (χ0n) is 13.5. The van der Waals surface area contributed by atoms with Gasteiger partial charge in [-0.3, -0.25) is 4.79 Å². The third-order valence-electron chi connectivity index (χ3n) is 3.13. The molecular weight excluding hydrogens is 304 g/mol. The van der Waals surface area contributed by atoms with Gasteiger partial charge in [0.15, 0.2) is 0 Å². The lowest BCUT2D eigenvalue weighted by molar-refractivity contribution is -0.116. The molecule has 0 aliphatic rings. The van der Waals surface area contributed by atoms with E-state index >= 15 is 0 Å². The quantitative estimate of drug-likeness (QED) is 0.741. The van der Waals surface area contributed by atoms with E-state index in [0.717, 1.165) is 4.31 Å². The number of carbonyl (C=O) groups is 1. The Morgan fingerprint density at radius 1 is 1.32 bits per heavy atom. The highest BCUT2D eigenvalue weighted by Gasteiger charge is 2.20. The molecule has 0 aliphatic heterocycles. The van der Waals surface area contributed by atoms with Crippen LogP contribution in [-0.2, 0) is 19.6 Å². The Labute approximate surface area is 132 Å². The molecular formula is C15H24N2O4S. The van der Waals surface area contributed by atoms with Gasteiger partial charge in [-0.1, -0.05) is 6.07 Å². The molecule has 0 saturated carbocycles. The summed E-state index contributed by atoms with van der Waals surface area (Å²) in [5, 5.41) is 2.72. The van der Waals surface area contributed by atoms with Crippen LogP contribution in [0.5, 0.6) is 0 Å². The molecule has 0 fully saturated rings. The van der Waals surface area contributed by atoms with Crippen molar-refractivity contribution < 1.29 is 17.9 Å². The van der Waals surface area contributed by atoms with Crippen LogP contribution in [-0.4, -0.2) is 45.9 Å². The highest BCUT2D eigenvalue weighted by Crippen LogP contribution is 2.22. The van der Waals surface area contributed by atoms with Crippen molar-refractivity contribution in [2.24, 2.45) is 0 Å². The monoisotopic (exact) mass is 328 g/mol. The van der Waals surface area contributed by atoms with Crippen molar-refractivity contribution in [1.29, 1.82) is 0 Å². The predicted octanol–water partition coefficient (Wildman–Crippen LogP) is 2.00. The number of nitrogens with one attached hydrogen (secondary N) is 1. The summed E-state index contributed by atoms with van der Waals surface area (Å²) in [4.78, 5) is 12.0. The standard InChI is InChI=1S/C15H24N2O4S/c1-5-21-10-6-7-15(18)16-13-9-8-12(2)14(11-13)22(19,20)17(3)4/h8-9,11H,5-7,10H2,1-4H3,(H,16,18). The minimum atomic E-state index is -3.53. The van der Waals surface area contributed by atoms with Crippen LogP contribution in [0.2, 0.25) is 0 Å². The van der Waals surface area contributed by atoms with Crippen LogP contribution in [0.4, 0.5) is 5.69 Å². The molecule has 0 heterocycles. The van der Waals surface area contributed by atoms with Gasteiger partial charge in [0.25, 0.3) is 0 Å². The lowest BCUT2D eigenvalue weighted by Crippen LogP contribution is -2.23. The summed E-state index contributed by atoms with van der Waals surface area (Å²) in [5.41, 5.74) is 1.12. The van der Waals surface area contributed by atoms with Crippen LogP contribution in [0, 0.1) is 6.92 Å². The van der Waals surface area contributed by atoms with Gasteiger partial charge < -0.3 is 10.1 Å². The molecule has 7 heteroatoms. The Balaban J connectivity index is 2.80. The lowest BCUT2D eigenvalue weighted by Gasteiger charge is -2.15. The Hall–Kier alpha value is -1.44. The average Bonchev–Trinajstić information content (AvgIpc) is 2.45. The van der Waals surface area contributed by atoms with Gasteiger partial charge in [-0.2, -0.15) is 0 Å². The first-order chi connectivity index (χ1) is 10.3. The number of hydrogen-bond acceptors (Lipinski definition) is 4. The molecule has 1 N–H and O–H groups in total. The lowest BCUT2D eigenvalue weighted by atomic mass is 10.2. The maximum absolute atomic E-state index is 12.2. The number of sulfonamides is 1. The molecule has 0 atom stereocenters. The van der Waals surface area contributed by atoms with Gasteiger partial charge in [-0.25, -0.2) is 12.7 Å². The summed E-state index contributed by atoms with van der Waals surface area (Å²) in [7, 11) is -0.568. The number of carbonyl (C=O) groups excluding carboxylic acids is 1. The molecule has 124 valence electrons. The zero-order valence-corrected chi connectivity index (χ0v) is 14.4. The smallest absolute Gasteiger partial charge is 0.242 e. The first-order valence-corrected chi connectivity index (χ1v) is 8.63. The van der Waals surface area contributed by atoms with E-state index in [1.54, 1.807) is 19.1 Å². The second-order valence-electron chi connectivity index (χ2n) is 5.12. The Morgan fingerprint density at radius 3 is 2.59 bits per heavy atom. The number of hydrogen-bond donors (Lipinski definition) is 1. The van der Waals surface area contributed by atoms with Crippen molar-refractivity contribution in [2.45, 2.75) is 31.6 Å². The molecule has 0 aromatic heterocycles. The van der Waals surface area contributed by atoms with Crippen molar-refractivity contribution in [2.75, 3.05) is 32.6 Å². The molecule has 0 aliphatic carbocycles. The fourth-order valence-corrected chi connectivity index (χ4v) is 3.00. The van der Waals surface area contributed by atoms with E-state index in [9.17, 15) is 13.2 Å². The van der Waals surface area contributed by atoms with Gasteiger partial charge in [0, 0.05) is 39.4 Å². The van der Waals surface area contributed by atoms with E-state index < -0.39 is 10.0 Å². The van der Waals surface area contributed by atoms with Crippen molar-refractivity contribution in [3.05, 3.63) is 23.8 Å². The SMILES string of the molecule is CCOCCCC(=O)Nc1ccc(C)c(S(=O)(=O)N(C)C)c1. The van der Waals surface area contributed by atoms with Crippen LogP contribution in [0.25, 0.3) is 0 Å². The number of benzene rings is 1. The van der Waals surface area contributed by atoms with Gasteiger partial charge in [-0.05, 0) is 38.0 Å². The third-order valence-corrected chi connectivity index (χ3v) is 5.08. The molecule has 1 aromatic rings. The highest BCUT2D eigenvalue weighted by atomic mass is 32.2. The van der Waals surface area contributed by atoms with E-state index in [1.807, 2.05) is 6.92 Å². The molecule has 0 radical (unpaired) electrons. The molecule has 0 saturated heterocycles. The van der Waals surface area contributed by atoms with Crippen LogP contribution >= 0.6 is 0 Å². The number of ether oxygens (including phenoxy) is 1. The molecule has 1 amide bonds. The number of rotatable bonds is 8. The van der Waals surface area contributed by atoms with E-state index in [2.05, 4.69) is 5.32 Å². The Morgan fingerprint density at radius 2 is 2.00 bits per heavy atom. The first-order valence-electron chi connectivity index (χ1n) is 7.19. The molecule has 0 bridgehead atoms. The van der Waals surface area contributed by atoms with Gasteiger partial charge >= 0.3 is 0 Å². The van der Waals surface area contributed by atoms with E-state index in [1.165, 1.54) is 20.2 Å². The molecule has 0 spiro atoms. The number of amides is 1. The summed E-state index contributed by atoms with van der Waals surface area (Å²) in [5.74, 6) is -0.156. The van der Waals surface area contributed by atoms with Gasteiger partial charge in [-0.15, -0.1) is 0 Å². The topological polar surface area (TPSA) is 75.7 Å². The third kappa shape index (κ3) is 5.08. The molecule has 1 rings (SSSR count). The minimum Gasteiger partial charge on any atom is -0.382 e. The number of aryl methyl sites for hydroxylation is 1. The summed E-state index contributed by atoms with van der Waals surface area (Å²) in [6.07, 6.45) is 0.970. The summed E-state index contributed by atoms with van der Waals surface area (Å²) in [6, 6.07) is 4.88. The van der Waals surface area contributed by atoms with Crippen molar-refractivity contribution in [3.63, 3.8) is 0 Å². The van der Waals surface area contributed by atoms with Crippen LogP contribution in [0.15, 0.2) is 23.1 Å². The van der Waals surface area contributed by atoms with Gasteiger partial charge in [0.05, 0.1) is 4.90 Å². The summed E-state index contributed by atoms with van der Waals surface area (Å²) >= 11 is 0. The second-order valence-corrected chi connectivity index (χ2v) is 7.24. The molecule has 22 heavy (non-hydrogen) atoms. The summed E-state index contributed by atoms with van der Waals surface area (Å²) < 4.78 is 30.8. The second kappa shape index (κ2) is 8.26. The normalized spacial score (nSPS) is 11.7. The van der Waals surface area contributed by atoms with E-state index in [0.29, 0.717) is 37.3 Å². The van der Waals surface area contributed by atoms with E-state index in [-0.39, 0.29) is 10.8 Å². The van der Waals surface area contributed by atoms with Gasteiger partial charge in [0.1, 0.15) is 0 Å². The predicted molar refractivity (Wildman–Crippen MR) is 86.4 cm³/mol. The summed E-state index contributed by atoms with van der Waals surface area (Å²) in [6.45, 7) is 4.80. The number of nitrogens with zero attached hydrogens (tertiary/aromatic N) is 1. The van der Waals surface area contributed by atoms with Crippen LogP contribution < -0.4 is 5.32 Å². The Bertz CT molecular complexity index is 612. The van der Waals surface area contributed by atoms with Crippen molar-refractivity contribution in [3.8, 4) is 0 Å². The first kappa shape index (κ1) is 18.6. The fourth-order valence-electron chi connectivity index (χ4n) is 1.86. The maximum atomic E-state index is 12.2. The molecule has 0 unspecified atom stereocenters. The van der Waals surface area contributed by atoms with Gasteiger partial charge in [0.2, 0.25) is 15.9 Å². The van der Waals surface area contributed by atoms with Crippen LogP contribution in [0.1, 0.15) is 25.3 Å². The van der Waals surface area contributed by atoms with Crippen LogP contribution in [0.3, 0.4) is 0 Å². The van der Waals surface area contributed by atoms with Crippen molar-refractivity contribution >= 4 is 21.6 Å². The largest absolute Gasteiger partial charge is 0.382 e. The Kier molecular flexibility index (Phi) is 6.99. The average molecular weight is 328 g/mol. The molecule has 1 aromatic carbocycles. The highest BCUT2D eigenvalue weighted by molar-refractivity contribution is 7.89. The number of anilines is 1. The van der Waals surface area contributed by atoms with Crippen molar-refractivity contribution in [1.82, 2.24) is 4.31 Å². The van der Waals surface area contributed by atoms with E-state index in [4.69, 9.17) is 4.74 Å². The minimum absolute atomic E-state index is 0.156. The zero-order chi connectivity index (χ0) is 16.8.